The second kappa shape index (κ2) is 6.10. The fourth-order valence-corrected chi connectivity index (χ4v) is 2.32. The van der Waals surface area contributed by atoms with Crippen molar-refractivity contribution < 1.29 is 13.2 Å². The minimum Gasteiger partial charge on any atom is -0.365 e. The van der Waals surface area contributed by atoms with Crippen LogP contribution in [0.3, 0.4) is 0 Å². The smallest absolute Gasteiger partial charge is 0.365 e. The zero-order valence-corrected chi connectivity index (χ0v) is 13.1. The summed E-state index contributed by atoms with van der Waals surface area (Å²) in [6.07, 6.45) is -3.18. The molecular formula is C15H11F3N8. The molecule has 132 valence electrons. The largest absolute Gasteiger partial charge is 0.435 e. The fraction of sp³-hybridized carbons (Fsp3) is 0.133. The van der Waals surface area contributed by atoms with E-state index in [-0.39, 0.29) is 0 Å². The van der Waals surface area contributed by atoms with Gasteiger partial charge in [0.1, 0.15) is 5.82 Å². The number of alkyl halides is 3. The lowest BCUT2D eigenvalue weighted by atomic mass is 10.2. The fourth-order valence-electron chi connectivity index (χ4n) is 2.32. The van der Waals surface area contributed by atoms with Gasteiger partial charge in [0, 0.05) is 12.7 Å². The van der Waals surface area contributed by atoms with Crippen LogP contribution >= 0.6 is 0 Å². The van der Waals surface area contributed by atoms with Crippen LogP contribution in [0.15, 0.2) is 48.7 Å². The van der Waals surface area contributed by atoms with Crippen molar-refractivity contribution in [2.45, 2.75) is 12.7 Å². The lowest BCUT2D eigenvalue weighted by Crippen LogP contribution is -2.07. The van der Waals surface area contributed by atoms with Gasteiger partial charge in [0.05, 0.1) is 5.69 Å². The molecule has 0 fully saturated rings. The van der Waals surface area contributed by atoms with Gasteiger partial charge in [0.15, 0.2) is 11.3 Å². The molecule has 8 nitrogen and oxygen atoms in total. The molecule has 0 atom stereocenters. The van der Waals surface area contributed by atoms with E-state index in [2.05, 4.69) is 31.0 Å². The average Bonchev–Trinajstić information content (AvgIpc) is 3.29. The highest BCUT2D eigenvalue weighted by molar-refractivity contribution is 5.43. The van der Waals surface area contributed by atoms with E-state index in [0.717, 1.165) is 11.6 Å². The van der Waals surface area contributed by atoms with Gasteiger partial charge in [-0.15, -0.1) is 14.8 Å². The maximum Gasteiger partial charge on any atom is 0.435 e. The van der Waals surface area contributed by atoms with Crippen molar-refractivity contribution in [3.8, 4) is 5.69 Å². The summed E-state index contributed by atoms with van der Waals surface area (Å²) in [7, 11) is 0. The number of halogens is 3. The van der Waals surface area contributed by atoms with Gasteiger partial charge in [-0.3, -0.25) is 0 Å². The molecule has 0 bridgehead atoms. The number of hydrogen-bond donors (Lipinski definition) is 1. The van der Waals surface area contributed by atoms with E-state index in [0.29, 0.717) is 23.7 Å². The third-order valence-corrected chi connectivity index (χ3v) is 3.62. The van der Waals surface area contributed by atoms with Crippen LogP contribution in [0.2, 0.25) is 0 Å². The number of anilines is 1. The van der Waals surface area contributed by atoms with Gasteiger partial charge >= 0.3 is 6.18 Å². The summed E-state index contributed by atoms with van der Waals surface area (Å²) in [4.78, 5) is 0. The number of benzene rings is 1. The van der Waals surface area contributed by atoms with Crippen LogP contribution in [0, 0.1) is 0 Å². The Morgan fingerprint density at radius 1 is 0.962 bits per heavy atom. The van der Waals surface area contributed by atoms with Crippen LogP contribution in [-0.2, 0) is 12.7 Å². The number of aromatic nitrogens is 7. The lowest BCUT2D eigenvalue weighted by Gasteiger charge is -2.07. The molecule has 26 heavy (non-hydrogen) atoms. The van der Waals surface area contributed by atoms with Crippen LogP contribution in [0.4, 0.5) is 19.0 Å². The van der Waals surface area contributed by atoms with Crippen molar-refractivity contribution in [2.24, 2.45) is 0 Å². The second-order valence-electron chi connectivity index (χ2n) is 5.41. The summed E-state index contributed by atoms with van der Waals surface area (Å²) in [6, 6.07) is 11.4. The van der Waals surface area contributed by atoms with Crippen molar-refractivity contribution in [3.63, 3.8) is 0 Å². The van der Waals surface area contributed by atoms with Gasteiger partial charge in [-0.05, 0) is 46.3 Å². The third-order valence-electron chi connectivity index (χ3n) is 3.62. The Bertz CT molecular complexity index is 1030. The van der Waals surface area contributed by atoms with Crippen molar-refractivity contribution in [2.75, 3.05) is 5.32 Å². The van der Waals surface area contributed by atoms with Crippen molar-refractivity contribution in [1.29, 1.82) is 0 Å². The molecule has 4 aromatic rings. The first-order valence-electron chi connectivity index (χ1n) is 7.50. The maximum atomic E-state index is 12.6. The van der Waals surface area contributed by atoms with E-state index in [1.54, 1.807) is 36.4 Å². The Balaban J connectivity index is 1.45. The minimum absolute atomic E-state index is 0.480. The SMILES string of the molecule is FC(F)(F)c1ccn(-c2ccc(CNc3ccc4nnnn4n3)cc2)n1. The average molecular weight is 360 g/mol. The van der Waals surface area contributed by atoms with E-state index in [1.807, 2.05) is 0 Å². The molecule has 3 heterocycles. The summed E-state index contributed by atoms with van der Waals surface area (Å²) in [5.74, 6) is 0.593. The van der Waals surface area contributed by atoms with E-state index in [9.17, 15) is 13.2 Å². The number of rotatable bonds is 4. The van der Waals surface area contributed by atoms with Crippen LogP contribution in [-0.4, -0.2) is 35.0 Å². The standard InChI is InChI=1S/C15H11F3N8/c16-15(17,18)12-7-8-25(21-12)11-3-1-10(2-4-11)9-19-13-5-6-14-20-23-24-26(14)22-13/h1-8H,9H2,(H,19,22). The molecule has 0 saturated heterocycles. The zero-order valence-electron chi connectivity index (χ0n) is 13.1. The van der Waals surface area contributed by atoms with E-state index >= 15 is 0 Å². The maximum absolute atomic E-state index is 12.6. The Hall–Kier alpha value is -3.50. The second-order valence-corrected chi connectivity index (χ2v) is 5.41. The highest BCUT2D eigenvalue weighted by atomic mass is 19.4. The minimum atomic E-state index is -4.46. The number of tetrazole rings is 1. The summed E-state index contributed by atoms with van der Waals surface area (Å²) in [6.45, 7) is 0.480. The Morgan fingerprint density at radius 3 is 2.50 bits per heavy atom. The van der Waals surface area contributed by atoms with Gasteiger partial charge in [0.2, 0.25) is 0 Å². The molecule has 0 spiro atoms. The zero-order chi connectivity index (χ0) is 18.1. The van der Waals surface area contributed by atoms with Gasteiger partial charge in [0.25, 0.3) is 0 Å². The molecule has 1 N–H and O–H groups in total. The number of fused-ring (bicyclic) bond motifs is 1. The molecular weight excluding hydrogens is 349 g/mol. The normalized spacial score (nSPS) is 11.8. The van der Waals surface area contributed by atoms with Crippen molar-refractivity contribution >= 4 is 11.5 Å². The van der Waals surface area contributed by atoms with Crippen molar-refractivity contribution in [3.05, 3.63) is 59.9 Å². The molecule has 0 aliphatic carbocycles. The summed E-state index contributed by atoms with van der Waals surface area (Å²) in [5, 5.41) is 21.9. The molecule has 0 aliphatic heterocycles. The van der Waals surface area contributed by atoms with E-state index in [4.69, 9.17) is 0 Å². The van der Waals surface area contributed by atoms with Crippen LogP contribution in [0.25, 0.3) is 11.3 Å². The number of hydrogen-bond acceptors (Lipinski definition) is 6. The van der Waals surface area contributed by atoms with Crippen LogP contribution in [0.1, 0.15) is 11.3 Å². The first-order valence-corrected chi connectivity index (χ1v) is 7.50. The molecule has 0 saturated carbocycles. The molecule has 0 unspecified atom stereocenters. The van der Waals surface area contributed by atoms with E-state index in [1.165, 1.54) is 15.5 Å². The highest BCUT2D eigenvalue weighted by Crippen LogP contribution is 2.27. The quantitative estimate of drug-likeness (QED) is 0.601. The molecule has 0 radical (unpaired) electrons. The van der Waals surface area contributed by atoms with Gasteiger partial charge in [-0.1, -0.05) is 12.1 Å². The number of nitrogens with zero attached hydrogens (tertiary/aromatic N) is 7. The summed E-state index contributed by atoms with van der Waals surface area (Å²) >= 11 is 0. The molecule has 0 amide bonds. The third kappa shape index (κ3) is 3.18. The molecule has 4 rings (SSSR count). The molecule has 3 aromatic heterocycles. The number of nitrogens with one attached hydrogen (secondary N) is 1. The van der Waals surface area contributed by atoms with E-state index < -0.39 is 11.9 Å². The lowest BCUT2D eigenvalue weighted by molar-refractivity contribution is -0.141. The molecule has 0 aliphatic rings. The van der Waals surface area contributed by atoms with Gasteiger partial charge < -0.3 is 5.32 Å². The monoisotopic (exact) mass is 360 g/mol. The Labute approximate surface area is 144 Å². The van der Waals surface area contributed by atoms with Crippen LogP contribution < -0.4 is 5.32 Å². The van der Waals surface area contributed by atoms with Crippen molar-refractivity contribution in [1.82, 2.24) is 35.0 Å². The van der Waals surface area contributed by atoms with Crippen LogP contribution in [0.5, 0.6) is 0 Å². The highest BCUT2D eigenvalue weighted by Gasteiger charge is 2.33. The first kappa shape index (κ1) is 16.0. The summed E-state index contributed by atoms with van der Waals surface area (Å²) < 4.78 is 40.3. The van der Waals surface area contributed by atoms with Gasteiger partial charge in [-0.2, -0.15) is 18.3 Å². The Kier molecular flexibility index (Phi) is 3.75. The van der Waals surface area contributed by atoms with Gasteiger partial charge in [-0.25, -0.2) is 4.68 Å². The predicted molar refractivity (Wildman–Crippen MR) is 84.5 cm³/mol. The predicted octanol–water partition coefficient (Wildman–Crippen LogP) is 2.34. The molecule has 1 aromatic carbocycles. The Morgan fingerprint density at radius 2 is 1.77 bits per heavy atom. The summed E-state index contributed by atoms with van der Waals surface area (Å²) in [5.41, 5.74) is 1.08. The topological polar surface area (TPSA) is 85.8 Å². The molecule has 11 heteroatoms. The first-order chi connectivity index (χ1) is 12.5.